The maximum Gasteiger partial charge on any atom is 0.229 e. The quantitative estimate of drug-likeness (QED) is 0.506. The Balaban J connectivity index is 0.00000336. The molecule has 2 aromatic carbocycles. The molecule has 0 aromatic heterocycles. The van der Waals surface area contributed by atoms with Gasteiger partial charge in [-0.1, -0.05) is 56.3 Å². The maximum absolute atomic E-state index is 13.5. The highest BCUT2D eigenvalue weighted by Crippen LogP contribution is 2.43. The summed E-state index contributed by atoms with van der Waals surface area (Å²) in [6, 6.07) is 18.7. The number of methoxy groups -OCH3 is 1. The number of rotatable bonds is 7. The van der Waals surface area contributed by atoms with Gasteiger partial charge in [0.25, 0.3) is 0 Å². The van der Waals surface area contributed by atoms with Crippen molar-refractivity contribution in [2.45, 2.75) is 45.6 Å². The summed E-state index contributed by atoms with van der Waals surface area (Å²) < 4.78 is 5.26. The first-order chi connectivity index (χ1) is 17.9. The van der Waals surface area contributed by atoms with Crippen molar-refractivity contribution >= 4 is 24.2 Å². The molecule has 5 rings (SSSR count). The molecule has 3 aliphatic rings. The highest BCUT2D eigenvalue weighted by Gasteiger charge is 2.48. The highest BCUT2D eigenvalue weighted by atomic mass is 35.5. The molecule has 6 nitrogen and oxygen atoms in total. The fourth-order valence-electron chi connectivity index (χ4n) is 6.63. The Morgan fingerprint density at radius 3 is 2.26 bits per heavy atom. The maximum atomic E-state index is 13.5. The largest absolute Gasteiger partial charge is 0.497 e. The minimum atomic E-state index is -0.197. The highest BCUT2D eigenvalue weighted by molar-refractivity contribution is 5.85. The van der Waals surface area contributed by atoms with Gasteiger partial charge in [0.05, 0.1) is 12.5 Å². The van der Waals surface area contributed by atoms with Crippen molar-refractivity contribution in [1.29, 1.82) is 0 Å². The minimum Gasteiger partial charge on any atom is -0.497 e. The van der Waals surface area contributed by atoms with Gasteiger partial charge in [-0.2, -0.15) is 0 Å². The first-order valence-electron chi connectivity index (χ1n) is 13.9. The average molecular weight is 540 g/mol. The summed E-state index contributed by atoms with van der Waals surface area (Å²) in [7, 11) is 1.67. The minimum absolute atomic E-state index is 0. The van der Waals surface area contributed by atoms with E-state index in [4.69, 9.17) is 4.74 Å². The second-order valence-corrected chi connectivity index (χ2v) is 11.6. The van der Waals surface area contributed by atoms with Crippen molar-refractivity contribution in [3.8, 4) is 5.75 Å². The molecule has 0 unspecified atom stereocenters. The number of piperidine rings is 1. The van der Waals surface area contributed by atoms with Gasteiger partial charge in [-0.3, -0.25) is 9.59 Å². The van der Waals surface area contributed by atoms with Crippen LogP contribution in [0.1, 0.15) is 50.2 Å². The average Bonchev–Trinajstić information content (AvgIpc) is 3.47. The molecule has 0 aliphatic carbocycles. The summed E-state index contributed by atoms with van der Waals surface area (Å²) >= 11 is 0. The third kappa shape index (κ3) is 5.86. The van der Waals surface area contributed by atoms with Gasteiger partial charge in [0.15, 0.2) is 0 Å². The van der Waals surface area contributed by atoms with E-state index in [0.29, 0.717) is 24.3 Å². The van der Waals surface area contributed by atoms with E-state index in [9.17, 15) is 9.59 Å². The Labute approximate surface area is 233 Å². The number of nitrogens with zero attached hydrogens (tertiary/aromatic N) is 3. The third-order valence-electron chi connectivity index (χ3n) is 8.91. The van der Waals surface area contributed by atoms with Crippen LogP contribution in [0.15, 0.2) is 54.6 Å². The lowest BCUT2D eigenvalue weighted by Gasteiger charge is -2.39. The smallest absolute Gasteiger partial charge is 0.229 e. The molecule has 1 spiro atoms. The number of likely N-dealkylation sites (tertiary alicyclic amines) is 3. The van der Waals surface area contributed by atoms with Crippen LogP contribution in [-0.2, 0) is 16.1 Å². The fourth-order valence-corrected chi connectivity index (χ4v) is 6.63. The topological polar surface area (TPSA) is 53.1 Å². The second-order valence-electron chi connectivity index (χ2n) is 11.6. The van der Waals surface area contributed by atoms with Crippen LogP contribution in [0.25, 0.3) is 0 Å². The molecule has 3 heterocycles. The van der Waals surface area contributed by atoms with Crippen molar-refractivity contribution < 1.29 is 14.3 Å². The molecule has 38 heavy (non-hydrogen) atoms. The third-order valence-corrected chi connectivity index (χ3v) is 8.91. The molecule has 0 saturated carbocycles. The summed E-state index contributed by atoms with van der Waals surface area (Å²) in [5.41, 5.74) is 2.29. The number of hydrogen-bond donors (Lipinski definition) is 0. The Hall–Kier alpha value is -2.57. The summed E-state index contributed by atoms with van der Waals surface area (Å²) in [4.78, 5) is 33.0. The Bertz CT molecular complexity index is 1080. The van der Waals surface area contributed by atoms with Crippen LogP contribution in [0.3, 0.4) is 0 Å². The van der Waals surface area contributed by atoms with Gasteiger partial charge in [-0.05, 0) is 61.5 Å². The van der Waals surface area contributed by atoms with Crippen molar-refractivity contribution in [1.82, 2.24) is 14.7 Å². The Morgan fingerprint density at radius 2 is 1.63 bits per heavy atom. The molecule has 206 valence electrons. The molecule has 2 amide bonds. The van der Waals surface area contributed by atoms with Gasteiger partial charge >= 0.3 is 0 Å². The Kier molecular flexibility index (Phi) is 9.04. The number of halogens is 1. The van der Waals surface area contributed by atoms with Crippen LogP contribution in [0.2, 0.25) is 0 Å². The van der Waals surface area contributed by atoms with Crippen molar-refractivity contribution in [3.63, 3.8) is 0 Å². The molecule has 0 radical (unpaired) electrons. The second kappa shape index (κ2) is 12.1. The van der Waals surface area contributed by atoms with Crippen LogP contribution in [0.5, 0.6) is 5.75 Å². The first-order valence-corrected chi connectivity index (χ1v) is 13.9. The van der Waals surface area contributed by atoms with Crippen LogP contribution in [-0.4, -0.2) is 72.9 Å². The number of ether oxygens (including phenoxy) is 1. The van der Waals surface area contributed by atoms with E-state index in [1.165, 1.54) is 5.56 Å². The summed E-state index contributed by atoms with van der Waals surface area (Å²) in [5.74, 6) is 2.25. The van der Waals surface area contributed by atoms with Gasteiger partial charge in [0.2, 0.25) is 11.8 Å². The molecule has 2 aromatic rings. The van der Waals surface area contributed by atoms with Gasteiger partial charge in [-0.15, -0.1) is 12.4 Å². The van der Waals surface area contributed by atoms with Gasteiger partial charge in [-0.25, -0.2) is 0 Å². The first kappa shape index (κ1) is 28.4. The zero-order valence-electron chi connectivity index (χ0n) is 23.0. The lowest BCUT2D eigenvalue weighted by atomic mass is 9.76. The van der Waals surface area contributed by atoms with E-state index >= 15 is 0 Å². The molecule has 0 N–H and O–H groups in total. The van der Waals surface area contributed by atoms with Crippen molar-refractivity contribution in [2.24, 2.45) is 17.3 Å². The van der Waals surface area contributed by atoms with Crippen molar-refractivity contribution in [3.05, 3.63) is 65.7 Å². The number of amides is 2. The molecular weight excluding hydrogens is 498 g/mol. The standard InChI is InChI=1S/C31H41N3O3.ClH/c1-23(2)29(35)34-21-26(28(22-34)25-7-5-4-6-8-25)20-32-16-13-31(14-17-32)15-18-33(30(31)36)19-24-9-11-27(37-3)12-10-24;/h4-12,23,26,28H,13-22H2,1-3H3;1H/t26-,28+;/m0./s1. The van der Waals surface area contributed by atoms with E-state index in [-0.39, 0.29) is 29.6 Å². The zero-order valence-corrected chi connectivity index (χ0v) is 23.8. The van der Waals surface area contributed by atoms with Gasteiger partial charge < -0.3 is 19.4 Å². The SMILES string of the molecule is COc1ccc(CN2CCC3(CCN(C[C@H]4CN(C(=O)C(C)C)C[C@@H]4c4ccccc4)CC3)C2=O)cc1.Cl. The number of carbonyl (C=O) groups excluding carboxylic acids is 2. The lowest BCUT2D eigenvalue weighted by molar-refractivity contribution is -0.139. The van der Waals surface area contributed by atoms with Crippen LogP contribution < -0.4 is 4.74 Å². The van der Waals surface area contributed by atoms with Gasteiger partial charge in [0, 0.05) is 44.6 Å². The molecule has 7 heteroatoms. The molecular formula is C31H42ClN3O3. The molecule has 3 saturated heterocycles. The predicted octanol–water partition coefficient (Wildman–Crippen LogP) is 4.83. The molecule has 2 atom stereocenters. The van der Waals surface area contributed by atoms with Crippen molar-refractivity contribution in [2.75, 3.05) is 46.4 Å². The fraction of sp³-hybridized carbons (Fsp3) is 0.548. The number of carbonyl (C=O) groups is 2. The monoisotopic (exact) mass is 539 g/mol. The van der Waals surface area contributed by atoms with Crippen LogP contribution in [0, 0.1) is 17.3 Å². The molecule has 3 fully saturated rings. The van der Waals surface area contributed by atoms with E-state index in [0.717, 1.165) is 69.8 Å². The van der Waals surface area contributed by atoms with E-state index in [1.54, 1.807) is 7.11 Å². The van der Waals surface area contributed by atoms with E-state index in [1.807, 2.05) is 26.0 Å². The number of benzene rings is 2. The summed E-state index contributed by atoms with van der Waals surface area (Å²) in [5, 5.41) is 0. The van der Waals surface area contributed by atoms with Crippen LogP contribution in [0.4, 0.5) is 0 Å². The Morgan fingerprint density at radius 1 is 0.974 bits per heavy atom. The van der Waals surface area contributed by atoms with E-state index in [2.05, 4.69) is 57.2 Å². The molecule has 3 aliphatic heterocycles. The molecule has 0 bridgehead atoms. The number of hydrogen-bond acceptors (Lipinski definition) is 4. The normalized spacial score (nSPS) is 23.2. The summed E-state index contributed by atoms with van der Waals surface area (Å²) in [6.45, 7) is 10.0. The zero-order chi connectivity index (χ0) is 26.0. The van der Waals surface area contributed by atoms with E-state index < -0.39 is 0 Å². The van der Waals surface area contributed by atoms with Crippen LogP contribution >= 0.6 is 12.4 Å². The lowest BCUT2D eigenvalue weighted by Crippen LogP contribution is -2.46. The predicted molar refractivity (Wildman–Crippen MR) is 152 cm³/mol. The summed E-state index contributed by atoms with van der Waals surface area (Å²) in [6.07, 6.45) is 2.83. The van der Waals surface area contributed by atoms with Gasteiger partial charge in [0.1, 0.15) is 5.75 Å².